The third-order valence-electron chi connectivity index (χ3n) is 1.48. The fourth-order valence-electron chi connectivity index (χ4n) is 0.856. The van der Waals surface area contributed by atoms with Gasteiger partial charge in [-0.3, -0.25) is 0 Å². The van der Waals surface area contributed by atoms with E-state index in [4.69, 9.17) is 0 Å². The number of alkyl halides is 3. The number of hydroxylamine groups is 1. The van der Waals surface area contributed by atoms with Gasteiger partial charge in [-0.1, -0.05) is 17.3 Å². The number of nitrogens with zero attached hydrogens (tertiary/aromatic N) is 1. The number of rotatable bonds is 1. The monoisotopic (exact) mass is 210 g/mol. The van der Waals surface area contributed by atoms with E-state index in [9.17, 15) is 18.0 Å². The van der Waals surface area contributed by atoms with Gasteiger partial charge in [0.05, 0.1) is 6.54 Å². The van der Waals surface area contributed by atoms with Gasteiger partial charge in [0.15, 0.2) is 0 Å². The molecule has 0 radical (unpaired) electrons. The molecule has 0 saturated carbocycles. The summed E-state index contributed by atoms with van der Waals surface area (Å²) in [5.74, 6) is -2.22. The Morgan fingerprint density at radius 3 is 2.79 bits per heavy atom. The molecule has 1 heterocycles. The van der Waals surface area contributed by atoms with Crippen molar-refractivity contribution < 1.29 is 22.8 Å². The molecule has 4 nitrogen and oxygen atoms in total. The van der Waals surface area contributed by atoms with Crippen molar-refractivity contribution in [2.45, 2.75) is 12.6 Å². The zero-order chi connectivity index (χ0) is 10.6. The van der Waals surface area contributed by atoms with Gasteiger partial charge in [0, 0.05) is 6.54 Å². The van der Waals surface area contributed by atoms with Crippen LogP contribution in [0.15, 0.2) is 12.2 Å². The smallest absolute Gasteiger partial charge is 0.345 e. The summed E-state index contributed by atoms with van der Waals surface area (Å²) in [6.07, 6.45) is -0.907. The van der Waals surface area contributed by atoms with Gasteiger partial charge in [-0.15, -0.1) is 0 Å². The number of nitrogens with one attached hydrogen (secondary N) is 1. The number of carbonyl (C=O) groups excluding carboxylic acids is 1. The lowest BCUT2D eigenvalue weighted by Gasteiger charge is -2.19. The largest absolute Gasteiger partial charge is 0.492 e. The molecule has 0 aromatic rings. The summed E-state index contributed by atoms with van der Waals surface area (Å²) in [7, 11) is 0. The molecule has 0 unspecified atom stereocenters. The Kier molecular flexibility index (Phi) is 3.48. The first kappa shape index (κ1) is 11.0. The Morgan fingerprint density at radius 1 is 1.43 bits per heavy atom. The summed E-state index contributed by atoms with van der Waals surface area (Å²) in [5, 5.41) is 0.788. The molecule has 0 amide bonds. The molecule has 0 aromatic heterocycles. The average Bonchev–Trinajstić information content (AvgIpc) is 2.31. The molecular weight excluding hydrogens is 201 g/mol. The third kappa shape index (κ3) is 3.35. The minimum atomic E-state index is -4.96. The highest BCUT2D eigenvalue weighted by Crippen LogP contribution is 2.17. The highest BCUT2D eigenvalue weighted by molar-refractivity contribution is 5.75. The second-order valence-electron chi connectivity index (χ2n) is 2.60. The summed E-state index contributed by atoms with van der Waals surface area (Å²) in [5.41, 5.74) is 2.49. The Balaban J connectivity index is 2.40. The second-order valence-corrected chi connectivity index (χ2v) is 2.60. The predicted molar refractivity (Wildman–Crippen MR) is 40.6 cm³/mol. The van der Waals surface area contributed by atoms with Gasteiger partial charge in [-0.25, -0.2) is 10.2 Å². The first-order valence-electron chi connectivity index (χ1n) is 3.95. The molecule has 0 aliphatic carbocycles. The van der Waals surface area contributed by atoms with Gasteiger partial charge in [-0.2, -0.15) is 13.2 Å². The van der Waals surface area contributed by atoms with Crippen LogP contribution in [0.2, 0.25) is 0 Å². The van der Waals surface area contributed by atoms with Crippen molar-refractivity contribution in [3.05, 3.63) is 12.2 Å². The molecule has 1 rings (SSSR count). The minimum Gasteiger partial charge on any atom is -0.345 e. The Hall–Kier alpha value is -1.08. The fraction of sp³-hybridized carbons (Fsp3) is 0.571. The van der Waals surface area contributed by atoms with Crippen molar-refractivity contribution in [3.8, 4) is 0 Å². The van der Waals surface area contributed by atoms with E-state index in [1.165, 1.54) is 0 Å². The molecule has 0 aromatic carbocycles. The number of hydrogen-bond donors (Lipinski definition) is 1. The van der Waals surface area contributed by atoms with E-state index in [1.807, 2.05) is 0 Å². The van der Waals surface area contributed by atoms with Gasteiger partial charge in [0.2, 0.25) is 0 Å². The first-order chi connectivity index (χ1) is 6.50. The molecule has 14 heavy (non-hydrogen) atoms. The van der Waals surface area contributed by atoms with E-state index < -0.39 is 12.1 Å². The van der Waals surface area contributed by atoms with Crippen LogP contribution in [0.4, 0.5) is 13.2 Å². The van der Waals surface area contributed by atoms with Crippen molar-refractivity contribution in [2.75, 3.05) is 13.1 Å². The van der Waals surface area contributed by atoms with E-state index in [2.05, 4.69) is 10.3 Å². The zero-order valence-electron chi connectivity index (χ0n) is 7.17. The van der Waals surface area contributed by atoms with Crippen LogP contribution in [0.3, 0.4) is 0 Å². The number of hydrazine groups is 1. The maximum atomic E-state index is 11.8. The molecule has 0 spiro atoms. The van der Waals surface area contributed by atoms with Crippen LogP contribution in [0.1, 0.15) is 6.42 Å². The van der Waals surface area contributed by atoms with Crippen LogP contribution < -0.4 is 5.43 Å². The predicted octanol–water partition coefficient (Wildman–Crippen LogP) is 0.773. The standard InChI is InChI=1S/C7H9F3N2O2/c8-7(9,10)6(13)14-12-5-3-1-2-4-11-12/h1-2,11H,3-5H2. The van der Waals surface area contributed by atoms with Crippen molar-refractivity contribution in [1.82, 2.24) is 10.6 Å². The van der Waals surface area contributed by atoms with Crippen LogP contribution in [-0.2, 0) is 9.63 Å². The van der Waals surface area contributed by atoms with Crippen molar-refractivity contribution >= 4 is 5.97 Å². The molecule has 7 heteroatoms. The fourth-order valence-corrected chi connectivity index (χ4v) is 0.856. The van der Waals surface area contributed by atoms with E-state index in [-0.39, 0.29) is 6.54 Å². The lowest BCUT2D eigenvalue weighted by atomic mass is 10.4. The zero-order valence-corrected chi connectivity index (χ0v) is 7.17. The summed E-state index contributed by atoms with van der Waals surface area (Å²) in [6.45, 7) is 0.531. The third-order valence-corrected chi connectivity index (χ3v) is 1.48. The maximum absolute atomic E-state index is 11.8. The van der Waals surface area contributed by atoms with Crippen molar-refractivity contribution in [2.24, 2.45) is 0 Å². The van der Waals surface area contributed by atoms with Crippen LogP contribution >= 0.6 is 0 Å². The number of halogens is 3. The van der Waals surface area contributed by atoms with Crippen LogP contribution in [-0.4, -0.2) is 30.4 Å². The summed E-state index contributed by atoms with van der Waals surface area (Å²) in [6, 6.07) is 0. The van der Waals surface area contributed by atoms with E-state index in [0.717, 1.165) is 5.17 Å². The lowest BCUT2D eigenvalue weighted by Crippen LogP contribution is -2.42. The highest BCUT2D eigenvalue weighted by atomic mass is 19.4. The minimum absolute atomic E-state index is 0.193. The number of hydrogen-bond acceptors (Lipinski definition) is 4. The Morgan fingerprint density at radius 2 is 2.14 bits per heavy atom. The molecule has 0 fully saturated rings. The van der Waals surface area contributed by atoms with Gasteiger partial charge in [0.1, 0.15) is 0 Å². The normalized spacial score (nSPS) is 19.1. The average molecular weight is 210 g/mol. The van der Waals surface area contributed by atoms with Crippen LogP contribution in [0, 0.1) is 0 Å². The van der Waals surface area contributed by atoms with E-state index in [1.54, 1.807) is 12.2 Å². The van der Waals surface area contributed by atoms with Gasteiger partial charge in [0.25, 0.3) is 0 Å². The van der Waals surface area contributed by atoms with Crippen LogP contribution in [0.25, 0.3) is 0 Å². The Labute approximate surface area is 78.2 Å². The van der Waals surface area contributed by atoms with Crippen molar-refractivity contribution in [3.63, 3.8) is 0 Å². The first-order valence-corrected chi connectivity index (χ1v) is 3.95. The van der Waals surface area contributed by atoms with E-state index >= 15 is 0 Å². The molecule has 1 aliphatic rings. The summed E-state index contributed by atoms with van der Waals surface area (Å²) < 4.78 is 35.3. The SMILES string of the molecule is O=C(ON1CCC=CCN1)C(F)(F)F. The molecule has 1 aliphatic heterocycles. The van der Waals surface area contributed by atoms with Crippen molar-refractivity contribution in [1.29, 1.82) is 0 Å². The second kappa shape index (κ2) is 4.43. The van der Waals surface area contributed by atoms with Gasteiger partial charge in [-0.05, 0) is 6.42 Å². The molecular formula is C7H9F3N2O2. The lowest BCUT2D eigenvalue weighted by molar-refractivity contribution is -0.248. The number of carbonyl (C=O) groups is 1. The summed E-state index contributed by atoms with van der Waals surface area (Å²) >= 11 is 0. The molecule has 0 bridgehead atoms. The molecule has 0 atom stereocenters. The van der Waals surface area contributed by atoms with Crippen LogP contribution in [0.5, 0.6) is 0 Å². The highest BCUT2D eigenvalue weighted by Gasteiger charge is 2.42. The van der Waals surface area contributed by atoms with E-state index in [0.29, 0.717) is 13.0 Å². The van der Waals surface area contributed by atoms with Gasteiger partial charge < -0.3 is 4.84 Å². The topological polar surface area (TPSA) is 41.6 Å². The molecule has 0 saturated heterocycles. The van der Waals surface area contributed by atoms with Gasteiger partial charge >= 0.3 is 12.1 Å². The quantitative estimate of drug-likeness (QED) is 0.649. The molecule has 1 N–H and O–H groups in total. The Bertz CT molecular complexity index is 230. The summed E-state index contributed by atoms with van der Waals surface area (Å²) in [4.78, 5) is 14.4. The maximum Gasteiger partial charge on any atom is 0.492 e. The molecule has 80 valence electrons.